The lowest BCUT2D eigenvalue weighted by molar-refractivity contribution is 0.803. The van der Waals surface area contributed by atoms with Crippen LogP contribution in [0.5, 0.6) is 0 Å². The van der Waals surface area contributed by atoms with Crippen LogP contribution in [0, 0.1) is 23.7 Å². The summed E-state index contributed by atoms with van der Waals surface area (Å²) in [6.07, 6.45) is 5.43. The van der Waals surface area contributed by atoms with Gasteiger partial charge in [-0.05, 0) is 41.5 Å². The van der Waals surface area contributed by atoms with E-state index in [1.807, 2.05) is 18.2 Å². The molecule has 0 radical (unpaired) electrons. The first-order valence-corrected chi connectivity index (χ1v) is 8.44. The van der Waals surface area contributed by atoms with Gasteiger partial charge in [0.1, 0.15) is 11.6 Å². The molecule has 0 saturated heterocycles. The Balaban J connectivity index is 2.34. The van der Waals surface area contributed by atoms with E-state index in [-0.39, 0.29) is 12.1 Å². The number of pyridine rings is 1. The van der Waals surface area contributed by atoms with Gasteiger partial charge < -0.3 is 0 Å². The second-order valence-electron chi connectivity index (χ2n) is 5.54. The molecule has 1 aromatic heterocycles. The highest BCUT2D eigenvalue weighted by Gasteiger charge is 2.17. The van der Waals surface area contributed by atoms with Gasteiger partial charge in [0.2, 0.25) is 0 Å². The van der Waals surface area contributed by atoms with Crippen LogP contribution in [0.3, 0.4) is 0 Å². The Labute approximate surface area is 161 Å². The van der Waals surface area contributed by atoms with Gasteiger partial charge in [0.25, 0.3) is 5.56 Å². The Morgan fingerprint density at radius 2 is 1.50 bits per heavy atom. The molecule has 3 aromatic rings. The number of hydrogen-bond donors (Lipinski definition) is 0. The van der Waals surface area contributed by atoms with Crippen molar-refractivity contribution < 1.29 is 0 Å². The van der Waals surface area contributed by atoms with Crippen LogP contribution in [-0.4, -0.2) is 4.57 Å². The molecule has 3 nitrogen and oxygen atoms in total. The topological polar surface area (TPSA) is 45.8 Å². The third kappa shape index (κ3) is 3.37. The largest absolute Gasteiger partial charge is 0.295 e. The smallest absolute Gasteiger partial charge is 0.270 e. The Kier molecular flexibility index (Phi) is 5.14. The normalized spacial score (nSPS) is 10.2. The maximum atomic E-state index is 12.9. The summed E-state index contributed by atoms with van der Waals surface area (Å²) in [6.45, 7) is 0.0619. The van der Waals surface area contributed by atoms with Gasteiger partial charge in [0.05, 0.1) is 12.2 Å². The van der Waals surface area contributed by atoms with Gasteiger partial charge in [0.15, 0.2) is 0 Å². The fraction of sp³-hybridized carbons (Fsp3) is 0.0476. The number of hydrogen-bond acceptors (Lipinski definition) is 2. The Morgan fingerprint density at radius 1 is 0.962 bits per heavy atom. The molecule has 0 aliphatic carbocycles. The van der Waals surface area contributed by atoms with Gasteiger partial charge in [-0.25, -0.2) is 0 Å². The van der Waals surface area contributed by atoms with Crippen molar-refractivity contribution in [3.8, 4) is 40.8 Å². The van der Waals surface area contributed by atoms with Crippen molar-refractivity contribution >= 4 is 23.2 Å². The van der Waals surface area contributed by atoms with Gasteiger partial charge in [-0.1, -0.05) is 53.4 Å². The Bertz CT molecular complexity index is 1100. The van der Waals surface area contributed by atoms with Crippen molar-refractivity contribution in [3.05, 3.63) is 80.6 Å². The number of terminal acetylenes is 1. The summed E-state index contributed by atoms with van der Waals surface area (Å²) < 4.78 is 1.42. The molecule has 0 spiro atoms. The molecule has 0 atom stereocenters. The number of nitrogens with zero attached hydrogens (tertiary/aromatic N) is 2. The molecule has 0 aliphatic rings. The summed E-state index contributed by atoms with van der Waals surface area (Å²) in [7, 11) is 0. The summed E-state index contributed by atoms with van der Waals surface area (Å²) in [5.74, 6) is 2.47. The molecule has 26 heavy (non-hydrogen) atoms. The highest BCUT2D eigenvalue weighted by Crippen LogP contribution is 2.29. The van der Waals surface area contributed by atoms with Crippen molar-refractivity contribution in [2.24, 2.45) is 0 Å². The van der Waals surface area contributed by atoms with Crippen LogP contribution in [0.25, 0.3) is 22.4 Å². The molecule has 2 aromatic carbocycles. The van der Waals surface area contributed by atoms with E-state index < -0.39 is 5.56 Å². The van der Waals surface area contributed by atoms with Crippen molar-refractivity contribution in [2.45, 2.75) is 6.54 Å². The Hall–Kier alpha value is -2.98. The zero-order valence-corrected chi connectivity index (χ0v) is 15.1. The van der Waals surface area contributed by atoms with Crippen LogP contribution in [0.1, 0.15) is 5.56 Å². The SMILES string of the molecule is C#CCn1c(-c2ccc(Cl)cc2)cc(-c2ccc(Cl)cc2)c(C#N)c1=O. The molecule has 3 rings (SSSR count). The zero-order chi connectivity index (χ0) is 18.7. The van der Waals surface area contributed by atoms with Crippen molar-refractivity contribution in [1.82, 2.24) is 4.57 Å². The molecular weight excluding hydrogens is 367 g/mol. The summed E-state index contributed by atoms with van der Waals surface area (Å²) in [5, 5.41) is 10.7. The van der Waals surface area contributed by atoms with E-state index in [1.165, 1.54) is 4.57 Å². The molecule has 0 saturated carbocycles. The average Bonchev–Trinajstić information content (AvgIpc) is 2.65. The molecule has 126 valence electrons. The predicted octanol–water partition coefficient (Wildman–Crippen LogP) is 4.99. The molecule has 5 heteroatoms. The second-order valence-corrected chi connectivity index (χ2v) is 6.41. The summed E-state index contributed by atoms with van der Waals surface area (Å²) >= 11 is 11.9. The average molecular weight is 379 g/mol. The number of rotatable bonds is 3. The van der Waals surface area contributed by atoms with Crippen LogP contribution in [-0.2, 0) is 6.54 Å². The van der Waals surface area contributed by atoms with Crippen LogP contribution in [0.2, 0.25) is 10.0 Å². The third-order valence-electron chi connectivity index (χ3n) is 3.96. The van der Waals surface area contributed by atoms with Gasteiger partial charge in [-0.2, -0.15) is 5.26 Å². The van der Waals surface area contributed by atoms with Crippen molar-refractivity contribution in [3.63, 3.8) is 0 Å². The first-order chi connectivity index (χ1) is 12.5. The van der Waals surface area contributed by atoms with E-state index in [1.54, 1.807) is 42.5 Å². The van der Waals surface area contributed by atoms with Crippen molar-refractivity contribution in [1.29, 1.82) is 5.26 Å². The van der Waals surface area contributed by atoms with E-state index in [0.717, 1.165) is 11.1 Å². The molecule has 0 fully saturated rings. The molecule has 0 unspecified atom stereocenters. The molecule has 0 aliphatic heterocycles. The first kappa shape index (κ1) is 17.8. The fourth-order valence-electron chi connectivity index (χ4n) is 2.72. The molecule has 0 bridgehead atoms. The van der Waals surface area contributed by atoms with Gasteiger partial charge in [-0.3, -0.25) is 9.36 Å². The van der Waals surface area contributed by atoms with E-state index >= 15 is 0 Å². The maximum absolute atomic E-state index is 12.9. The van der Waals surface area contributed by atoms with Gasteiger partial charge in [0, 0.05) is 15.6 Å². The van der Waals surface area contributed by atoms with Gasteiger partial charge in [-0.15, -0.1) is 6.42 Å². The minimum atomic E-state index is -0.428. The van der Waals surface area contributed by atoms with E-state index in [0.29, 0.717) is 21.3 Å². The number of benzene rings is 2. The lowest BCUT2D eigenvalue weighted by Gasteiger charge is -2.15. The van der Waals surface area contributed by atoms with Crippen LogP contribution >= 0.6 is 23.2 Å². The minimum Gasteiger partial charge on any atom is -0.295 e. The lowest BCUT2D eigenvalue weighted by Crippen LogP contribution is -2.24. The van der Waals surface area contributed by atoms with E-state index in [2.05, 4.69) is 5.92 Å². The minimum absolute atomic E-state index is 0.0419. The van der Waals surface area contributed by atoms with Gasteiger partial charge >= 0.3 is 0 Å². The number of halogens is 2. The van der Waals surface area contributed by atoms with Crippen LogP contribution in [0.4, 0.5) is 0 Å². The monoisotopic (exact) mass is 378 g/mol. The number of aromatic nitrogens is 1. The fourth-order valence-corrected chi connectivity index (χ4v) is 2.97. The standard InChI is InChI=1S/C21H12Cl2N2O/c1-2-11-25-20(15-5-9-17(23)10-6-15)12-18(19(13-24)21(25)26)14-3-7-16(22)8-4-14/h1,3-10,12H,11H2. The van der Waals surface area contributed by atoms with E-state index in [9.17, 15) is 10.1 Å². The maximum Gasteiger partial charge on any atom is 0.270 e. The molecule has 0 N–H and O–H groups in total. The van der Waals surface area contributed by atoms with Crippen molar-refractivity contribution in [2.75, 3.05) is 0 Å². The predicted molar refractivity (Wildman–Crippen MR) is 105 cm³/mol. The third-order valence-corrected chi connectivity index (χ3v) is 4.46. The quantitative estimate of drug-likeness (QED) is 0.602. The lowest BCUT2D eigenvalue weighted by atomic mass is 9.98. The molecule has 0 amide bonds. The van der Waals surface area contributed by atoms with Crippen LogP contribution < -0.4 is 5.56 Å². The van der Waals surface area contributed by atoms with E-state index in [4.69, 9.17) is 29.6 Å². The summed E-state index contributed by atoms with van der Waals surface area (Å²) in [6, 6.07) is 17.9. The highest BCUT2D eigenvalue weighted by molar-refractivity contribution is 6.30. The summed E-state index contributed by atoms with van der Waals surface area (Å²) in [5.41, 5.74) is 2.27. The zero-order valence-electron chi connectivity index (χ0n) is 13.5. The van der Waals surface area contributed by atoms with Crippen LogP contribution in [0.15, 0.2) is 59.4 Å². The Morgan fingerprint density at radius 3 is 2.00 bits per heavy atom. The second kappa shape index (κ2) is 7.50. The number of nitriles is 1. The molecular formula is C21H12Cl2N2O. The molecule has 1 heterocycles. The highest BCUT2D eigenvalue weighted by atomic mass is 35.5. The first-order valence-electron chi connectivity index (χ1n) is 7.68. The summed E-state index contributed by atoms with van der Waals surface area (Å²) in [4.78, 5) is 12.9.